The molecule has 1 N–H and O–H groups in total. The number of nitrogens with zero attached hydrogens (tertiary/aromatic N) is 5. The van der Waals surface area contributed by atoms with E-state index in [1.165, 1.54) is 28.2 Å². The first kappa shape index (κ1) is 28.5. The van der Waals surface area contributed by atoms with Crippen LogP contribution in [-0.4, -0.2) is 43.8 Å². The van der Waals surface area contributed by atoms with E-state index < -0.39 is 0 Å². The van der Waals surface area contributed by atoms with Crippen molar-refractivity contribution in [2.45, 2.75) is 25.5 Å². The molecule has 0 spiro atoms. The lowest BCUT2D eigenvalue weighted by molar-refractivity contribution is -0.118. The molecule has 43 heavy (non-hydrogen) atoms. The summed E-state index contributed by atoms with van der Waals surface area (Å²) in [4.78, 5) is 12.8. The molecular formula is C33H29ClN6O2S. The quantitative estimate of drug-likeness (QED) is 0.0998. The van der Waals surface area contributed by atoms with Crippen molar-refractivity contribution in [3.63, 3.8) is 0 Å². The zero-order valence-electron chi connectivity index (χ0n) is 23.7. The summed E-state index contributed by atoms with van der Waals surface area (Å²) in [7, 11) is 0. The monoisotopic (exact) mass is 608 g/mol. The van der Waals surface area contributed by atoms with Gasteiger partial charge >= 0.3 is 0 Å². The van der Waals surface area contributed by atoms with Gasteiger partial charge in [-0.3, -0.25) is 9.36 Å². The predicted octanol–water partition coefficient (Wildman–Crippen LogP) is 7.36. The lowest BCUT2D eigenvalue weighted by Crippen LogP contribution is -2.20. The van der Waals surface area contributed by atoms with Gasteiger partial charge in [-0.1, -0.05) is 47.6 Å². The first-order valence-electron chi connectivity index (χ1n) is 14.0. The van der Waals surface area contributed by atoms with Crippen molar-refractivity contribution in [3.8, 4) is 22.8 Å². The van der Waals surface area contributed by atoms with Crippen molar-refractivity contribution >= 4 is 57.3 Å². The number of amides is 1. The highest BCUT2D eigenvalue weighted by Crippen LogP contribution is 2.31. The number of fused-ring (bicyclic) bond motifs is 3. The second-order valence-electron chi connectivity index (χ2n) is 9.70. The molecule has 0 bridgehead atoms. The number of rotatable bonds is 10. The molecule has 2 heterocycles. The summed E-state index contributed by atoms with van der Waals surface area (Å²) in [6, 6.07) is 29.7. The fourth-order valence-electron chi connectivity index (χ4n) is 5.07. The van der Waals surface area contributed by atoms with E-state index in [2.05, 4.69) is 68.6 Å². The average molecular weight is 609 g/mol. The minimum Gasteiger partial charge on any atom is -0.494 e. The van der Waals surface area contributed by atoms with Crippen LogP contribution in [0.5, 0.6) is 5.75 Å². The van der Waals surface area contributed by atoms with Crippen molar-refractivity contribution in [2.24, 2.45) is 5.10 Å². The number of nitrogens with one attached hydrogen (secondary N) is 1. The van der Waals surface area contributed by atoms with Gasteiger partial charge in [-0.15, -0.1) is 10.2 Å². The summed E-state index contributed by atoms with van der Waals surface area (Å²) in [5.41, 5.74) is 7.63. The van der Waals surface area contributed by atoms with E-state index in [0.29, 0.717) is 22.6 Å². The predicted molar refractivity (Wildman–Crippen MR) is 175 cm³/mol. The van der Waals surface area contributed by atoms with E-state index in [0.717, 1.165) is 34.5 Å². The van der Waals surface area contributed by atoms with Crippen LogP contribution in [0.3, 0.4) is 0 Å². The number of halogens is 1. The van der Waals surface area contributed by atoms with Crippen molar-refractivity contribution in [3.05, 3.63) is 102 Å². The van der Waals surface area contributed by atoms with Crippen LogP contribution in [0.25, 0.3) is 38.9 Å². The summed E-state index contributed by atoms with van der Waals surface area (Å²) < 4.78 is 9.82. The summed E-state index contributed by atoms with van der Waals surface area (Å²) in [5, 5.41) is 16.6. The summed E-state index contributed by atoms with van der Waals surface area (Å²) in [6.07, 6.45) is 1.67. The summed E-state index contributed by atoms with van der Waals surface area (Å²) in [5.74, 6) is 1.27. The first-order valence-corrected chi connectivity index (χ1v) is 15.3. The Morgan fingerprint density at radius 2 is 1.72 bits per heavy atom. The van der Waals surface area contributed by atoms with E-state index in [1.54, 1.807) is 6.21 Å². The molecule has 6 rings (SSSR count). The molecule has 0 aliphatic rings. The number of aryl methyl sites for hydroxylation is 1. The van der Waals surface area contributed by atoms with Gasteiger partial charge in [0.1, 0.15) is 5.75 Å². The van der Waals surface area contributed by atoms with Gasteiger partial charge in [-0.25, -0.2) is 5.43 Å². The zero-order chi connectivity index (χ0) is 29.8. The second kappa shape index (κ2) is 12.7. The lowest BCUT2D eigenvalue weighted by Gasteiger charge is -2.11. The number of para-hydroxylation sites is 1. The van der Waals surface area contributed by atoms with Crippen LogP contribution >= 0.6 is 23.4 Å². The molecule has 0 aliphatic heterocycles. The Hall–Kier alpha value is -4.60. The Morgan fingerprint density at radius 3 is 2.49 bits per heavy atom. The molecule has 4 aromatic carbocycles. The largest absolute Gasteiger partial charge is 0.494 e. The normalized spacial score (nSPS) is 11.5. The number of carbonyl (C=O) groups is 1. The molecule has 0 aliphatic carbocycles. The number of carbonyl (C=O) groups excluding carboxylic acids is 1. The summed E-state index contributed by atoms with van der Waals surface area (Å²) >= 11 is 7.39. The van der Waals surface area contributed by atoms with Crippen LogP contribution in [0.15, 0.2) is 101 Å². The van der Waals surface area contributed by atoms with Crippen LogP contribution in [0, 0.1) is 0 Å². The van der Waals surface area contributed by atoms with E-state index >= 15 is 0 Å². The molecule has 0 unspecified atom stereocenters. The third-order valence-corrected chi connectivity index (χ3v) is 8.17. The average Bonchev–Trinajstić information content (AvgIpc) is 3.60. The van der Waals surface area contributed by atoms with Gasteiger partial charge in [-0.05, 0) is 86.1 Å². The second-order valence-corrected chi connectivity index (χ2v) is 11.1. The number of ether oxygens (including phenoxy) is 1. The number of aromatic nitrogens is 4. The van der Waals surface area contributed by atoms with E-state index in [1.807, 2.05) is 66.1 Å². The molecule has 0 radical (unpaired) electrons. The number of thioether (sulfide) groups is 1. The third-order valence-electron chi connectivity index (χ3n) is 6.99. The van der Waals surface area contributed by atoms with Crippen molar-refractivity contribution < 1.29 is 9.53 Å². The fraction of sp³-hybridized carbons (Fsp3) is 0.152. The van der Waals surface area contributed by atoms with Gasteiger partial charge in [0.05, 0.1) is 18.6 Å². The molecular weight excluding hydrogens is 580 g/mol. The molecule has 2 aromatic heterocycles. The molecule has 0 fully saturated rings. The Bertz CT molecular complexity index is 1930. The van der Waals surface area contributed by atoms with Crippen LogP contribution < -0.4 is 10.2 Å². The van der Waals surface area contributed by atoms with Crippen LogP contribution in [0.2, 0.25) is 5.02 Å². The minimum atomic E-state index is -0.251. The molecule has 10 heteroatoms. The minimum absolute atomic E-state index is 0.107. The van der Waals surface area contributed by atoms with Gasteiger partial charge in [0.15, 0.2) is 11.0 Å². The maximum Gasteiger partial charge on any atom is 0.250 e. The molecule has 216 valence electrons. The summed E-state index contributed by atoms with van der Waals surface area (Å²) in [6.45, 7) is 5.56. The van der Waals surface area contributed by atoms with E-state index in [-0.39, 0.29) is 11.7 Å². The third kappa shape index (κ3) is 6.00. The Morgan fingerprint density at radius 1 is 0.953 bits per heavy atom. The van der Waals surface area contributed by atoms with Gasteiger partial charge in [0, 0.05) is 44.6 Å². The topological polar surface area (TPSA) is 86.3 Å². The van der Waals surface area contributed by atoms with Crippen LogP contribution in [0.4, 0.5) is 0 Å². The van der Waals surface area contributed by atoms with E-state index in [9.17, 15) is 4.79 Å². The number of hydrogen-bond acceptors (Lipinski definition) is 6. The van der Waals surface area contributed by atoms with Crippen molar-refractivity contribution in [2.75, 3.05) is 12.4 Å². The van der Waals surface area contributed by atoms with Gasteiger partial charge < -0.3 is 9.30 Å². The molecule has 0 saturated heterocycles. The van der Waals surface area contributed by atoms with Crippen LogP contribution in [0.1, 0.15) is 19.4 Å². The SMILES string of the molecule is CCOc1ccc(-n2c(SCC(=O)N/N=C/c3ccc4c(c3)c3ccccc3n4CC)nnc2-c2ccc(Cl)cc2)cc1. The van der Waals surface area contributed by atoms with Gasteiger partial charge in [0.25, 0.3) is 5.91 Å². The first-order chi connectivity index (χ1) is 21.1. The lowest BCUT2D eigenvalue weighted by atomic mass is 10.1. The standard InChI is InChI=1S/C33H29ClN6O2S/c1-3-39-29-8-6-5-7-27(29)28-19-22(9-18-30(28)39)20-35-36-31(41)21-43-33-38-37-32(23-10-12-24(34)13-11-23)40(33)25-14-16-26(17-15-25)42-4-2/h5-20H,3-4,21H2,1-2H3,(H,36,41)/b35-20+. The smallest absolute Gasteiger partial charge is 0.250 e. The van der Waals surface area contributed by atoms with Crippen LogP contribution in [-0.2, 0) is 11.3 Å². The molecule has 8 nitrogen and oxygen atoms in total. The number of benzene rings is 4. The molecule has 0 saturated carbocycles. The van der Waals surface area contributed by atoms with Crippen molar-refractivity contribution in [1.82, 2.24) is 24.8 Å². The van der Waals surface area contributed by atoms with E-state index in [4.69, 9.17) is 16.3 Å². The highest BCUT2D eigenvalue weighted by atomic mass is 35.5. The highest BCUT2D eigenvalue weighted by molar-refractivity contribution is 7.99. The Balaban J connectivity index is 1.18. The Labute approximate surface area is 258 Å². The Kier molecular flexibility index (Phi) is 8.44. The highest BCUT2D eigenvalue weighted by Gasteiger charge is 2.18. The van der Waals surface area contributed by atoms with Gasteiger partial charge in [0.2, 0.25) is 0 Å². The van der Waals surface area contributed by atoms with Gasteiger partial charge in [-0.2, -0.15) is 5.10 Å². The molecule has 1 amide bonds. The molecule has 0 atom stereocenters. The number of hydrazone groups is 1. The maximum atomic E-state index is 12.8. The number of hydrogen-bond donors (Lipinski definition) is 1. The fourth-order valence-corrected chi connectivity index (χ4v) is 5.94. The zero-order valence-corrected chi connectivity index (χ0v) is 25.3. The maximum absolute atomic E-state index is 12.8. The van der Waals surface area contributed by atoms with Crippen molar-refractivity contribution in [1.29, 1.82) is 0 Å². The molecule has 6 aromatic rings.